The molecule has 0 bridgehead atoms. The molecule has 0 atom stereocenters. The summed E-state index contributed by atoms with van der Waals surface area (Å²) in [6.07, 6.45) is 0. The van der Waals surface area contributed by atoms with Gasteiger partial charge >= 0.3 is 5.97 Å². The van der Waals surface area contributed by atoms with Crippen LogP contribution in [0.2, 0.25) is 0 Å². The van der Waals surface area contributed by atoms with Crippen molar-refractivity contribution in [2.24, 2.45) is 0 Å². The van der Waals surface area contributed by atoms with E-state index >= 15 is 0 Å². The van der Waals surface area contributed by atoms with Gasteiger partial charge in [0.25, 0.3) is 5.69 Å². The van der Waals surface area contributed by atoms with Crippen LogP contribution in [0, 0.1) is 19.5 Å². The van der Waals surface area contributed by atoms with Gasteiger partial charge < -0.3 is 5.11 Å². The first-order chi connectivity index (χ1) is 9.88. The molecule has 2 aromatic carbocycles. The van der Waals surface area contributed by atoms with E-state index in [9.17, 15) is 19.3 Å². The van der Waals surface area contributed by atoms with Crippen molar-refractivity contribution in [2.45, 2.75) is 9.79 Å². The molecular weight excluding hydrogens is 412 g/mol. The van der Waals surface area contributed by atoms with Gasteiger partial charge in [-0.05, 0) is 52.9 Å². The van der Waals surface area contributed by atoms with E-state index in [1.54, 1.807) is 22.6 Å². The van der Waals surface area contributed by atoms with E-state index in [0.717, 1.165) is 17.8 Å². The summed E-state index contributed by atoms with van der Waals surface area (Å²) in [5.74, 6) is -1.59. The molecule has 5 nitrogen and oxygen atoms in total. The van der Waals surface area contributed by atoms with E-state index in [-0.39, 0.29) is 19.7 Å². The van der Waals surface area contributed by atoms with Gasteiger partial charge in [-0.25, -0.2) is 9.18 Å². The number of carboxylic acid groups (broad SMARTS) is 1. The highest BCUT2D eigenvalue weighted by molar-refractivity contribution is 14.1. The van der Waals surface area contributed by atoms with Crippen LogP contribution in [0.3, 0.4) is 0 Å². The van der Waals surface area contributed by atoms with Crippen LogP contribution in [0.5, 0.6) is 0 Å². The van der Waals surface area contributed by atoms with Crippen molar-refractivity contribution < 1.29 is 19.2 Å². The highest BCUT2D eigenvalue weighted by atomic mass is 127. The Balaban J connectivity index is 2.36. The first-order valence-electron chi connectivity index (χ1n) is 5.53. The number of rotatable bonds is 4. The van der Waals surface area contributed by atoms with E-state index in [4.69, 9.17) is 5.11 Å². The maximum atomic E-state index is 13.6. The molecule has 0 saturated carbocycles. The smallest absolute Gasteiger partial charge is 0.335 e. The standard InChI is InChI=1S/C13H7FINO4S/c14-9-5-12(11(16(19)20)6-10(9)15)21-8-3-1-7(2-4-8)13(17)18/h1-6H,(H,17,18). The van der Waals surface area contributed by atoms with Crippen LogP contribution in [0.1, 0.15) is 10.4 Å². The third kappa shape index (κ3) is 3.70. The molecule has 0 aromatic heterocycles. The van der Waals surface area contributed by atoms with Gasteiger partial charge in [0.1, 0.15) is 5.82 Å². The zero-order valence-corrected chi connectivity index (χ0v) is 13.2. The average molecular weight is 419 g/mol. The summed E-state index contributed by atoms with van der Waals surface area (Å²) in [4.78, 5) is 21.9. The third-order valence-electron chi connectivity index (χ3n) is 2.53. The topological polar surface area (TPSA) is 80.4 Å². The van der Waals surface area contributed by atoms with Gasteiger partial charge in [0.05, 0.1) is 19.0 Å². The largest absolute Gasteiger partial charge is 0.478 e. The van der Waals surface area contributed by atoms with E-state index in [1.165, 1.54) is 30.3 Å². The number of hydrogen-bond donors (Lipinski definition) is 1. The molecule has 0 fully saturated rings. The number of nitro benzene ring substituents is 1. The lowest BCUT2D eigenvalue weighted by Gasteiger charge is -2.05. The van der Waals surface area contributed by atoms with Crippen molar-refractivity contribution in [1.82, 2.24) is 0 Å². The average Bonchev–Trinajstić information content (AvgIpc) is 2.43. The van der Waals surface area contributed by atoms with Crippen molar-refractivity contribution in [3.8, 4) is 0 Å². The van der Waals surface area contributed by atoms with Crippen molar-refractivity contribution in [2.75, 3.05) is 0 Å². The number of hydrogen-bond acceptors (Lipinski definition) is 4. The summed E-state index contributed by atoms with van der Waals surface area (Å²) in [6.45, 7) is 0. The summed E-state index contributed by atoms with van der Waals surface area (Å²) >= 11 is 2.70. The Kier molecular flexibility index (Phi) is 4.78. The fraction of sp³-hybridized carbons (Fsp3) is 0. The SMILES string of the molecule is O=C(O)c1ccc(Sc2cc(F)c(I)cc2[N+](=O)[O-])cc1. The third-order valence-corrected chi connectivity index (χ3v) is 4.41. The highest BCUT2D eigenvalue weighted by Gasteiger charge is 2.18. The van der Waals surface area contributed by atoms with Crippen molar-refractivity contribution in [1.29, 1.82) is 0 Å². The Morgan fingerprint density at radius 1 is 1.29 bits per heavy atom. The lowest BCUT2D eigenvalue weighted by atomic mass is 10.2. The molecule has 0 unspecified atom stereocenters. The minimum atomic E-state index is -1.06. The predicted molar refractivity (Wildman–Crippen MR) is 83.3 cm³/mol. The Labute approximate surface area is 136 Å². The van der Waals surface area contributed by atoms with Crippen LogP contribution in [0.4, 0.5) is 10.1 Å². The molecular formula is C13H7FINO4S. The summed E-state index contributed by atoms with van der Waals surface area (Å²) in [5, 5.41) is 19.8. The quantitative estimate of drug-likeness (QED) is 0.457. The number of benzene rings is 2. The van der Waals surface area contributed by atoms with Crippen LogP contribution < -0.4 is 0 Å². The molecule has 0 spiro atoms. The summed E-state index contributed by atoms with van der Waals surface area (Å²) in [6, 6.07) is 8.10. The normalized spacial score (nSPS) is 10.4. The number of carboxylic acids is 1. The van der Waals surface area contributed by atoms with E-state index in [0.29, 0.717) is 4.90 Å². The zero-order valence-electron chi connectivity index (χ0n) is 10.2. The van der Waals surface area contributed by atoms with Crippen LogP contribution in [-0.2, 0) is 0 Å². The first-order valence-corrected chi connectivity index (χ1v) is 7.42. The van der Waals surface area contributed by atoms with Gasteiger partial charge in [-0.15, -0.1) is 0 Å². The van der Waals surface area contributed by atoms with Gasteiger partial charge in [0.15, 0.2) is 0 Å². The lowest BCUT2D eigenvalue weighted by Crippen LogP contribution is -1.96. The fourth-order valence-electron chi connectivity index (χ4n) is 1.54. The van der Waals surface area contributed by atoms with E-state index in [1.807, 2.05) is 0 Å². The van der Waals surface area contributed by atoms with Crippen LogP contribution >= 0.6 is 34.4 Å². The molecule has 0 aliphatic rings. The Bertz CT molecular complexity index is 721. The second-order valence-electron chi connectivity index (χ2n) is 3.92. The molecule has 1 N–H and O–H groups in total. The maximum Gasteiger partial charge on any atom is 0.335 e. The Morgan fingerprint density at radius 3 is 2.43 bits per heavy atom. The molecule has 108 valence electrons. The predicted octanol–water partition coefficient (Wildman–Crippen LogP) is 4.19. The zero-order chi connectivity index (χ0) is 15.6. The molecule has 0 amide bonds. The number of halogens is 2. The number of nitrogens with zero attached hydrogens (tertiary/aromatic N) is 1. The van der Waals surface area contributed by atoms with Gasteiger partial charge in [-0.2, -0.15) is 0 Å². The summed E-state index contributed by atoms with van der Waals surface area (Å²) in [7, 11) is 0. The van der Waals surface area contributed by atoms with E-state index in [2.05, 4.69) is 0 Å². The van der Waals surface area contributed by atoms with Gasteiger partial charge in [0.2, 0.25) is 0 Å². The first kappa shape index (κ1) is 15.7. The second kappa shape index (κ2) is 6.39. The molecule has 2 aromatic rings. The lowest BCUT2D eigenvalue weighted by molar-refractivity contribution is -0.387. The molecule has 2 rings (SSSR count). The highest BCUT2D eigenvalue weighted by Crippen LogP contribution is 2.36. The van der Waals surface area contributed by atoms with Crippen molar-refractivity contribution >= 4 is 46.0 Å². The number of nitro groups is 1. The van der Waals surface area contributed by atoms with Crippen molar-refractivity contribution in [3.05, 3.63) is 61.5 Å². The molecule has 8 heteroatoms. The van der Waals surface area contributed by atoms with Gasteiger partial charge in [-0.1, -0.05) is 11.8 Å². The molecule has 0 saturated heterocycles. The van der Waals surface area contributed by atoms with Crippen LogP contribution in [0.25, 0.3) is 0 Å². The summed E-state index contributed by atoms with van der Waals surface area (Å²) in [5.41, 5.74) is -0.0734. The number of aromatic carboxylic acids is 1. The van der Waals surface area contributed by atoms with Gasteiger partial charge in [-0.3, -0.25) is 10.1 Å². The second-order valence-corrected chi connectivity index (χ2v) is 6.20. The number of carbonyl (C=O) groups is 1. The van der Waals surface area contributed by atoms with Gasteiger partial charge in [0, 0.05) is 11.0 Å². The Morgan fingerprint density at radius 2 is 1.90 bits per heavy atom. The minimum absolute atomic E-state index is 0.114. The maximum absolute atomic E-state index is 13.6. The molecule has 21 heavy (non-hydrogen) atoms. The van der Waals surface area contributed by atoms with Crippen molar-refractivity contribution in [3.63, 3.8) is 0 Å². The molecule has 0 aliphatic carbocycles. The molecule has 0 radical (unpaired) electrons. The van der Waals surface area contributed by atoms with Crippen LogP contribution in [0.15, 0.2) is 46.2 Å². The summed E-state index contributed by atoms with van der Waals surface area (Å²) < 4.78 is 13.7. The minimum Gasteiger partial charge on any atom is -0.478 e. The molecule has 0 heterocycles. The van der Waals surface area contributed by atoms with E-state index < -0.39 is 16.7 Å². The fourth-order valence-corrected chi connectivity index (χ4v) is 2.91. The molecule has 0 aliphatic heterocycles. The Hall–Kier alpha value is -1.68. The van der Waals surface area contributed by atoms with Crippen LogP contribution in [-0.4, -0.2) is 16.0 Å². The monoisotopic (exact) mass is 419 g/mol.